The second-order valence-corrected chi connectivity index (χ2v) is 4.50. The summed E-state index contributed by atoms with van der Waals surface area (Å²) in [5.41, 5.74) is 11.1. The number of amides is 2. The van der Waals surface area contributed by atoms with E-state index in [1.54, 1.807) is 4.90 Å². The average molecular weight is 227 g/mol. The molecule has 0 bridgehead atoms. The van der Waals surface area contributed by atoms with Crippen molar-refractivity contribution < 1.29 is 9.59 Å². The molecule has 0 aliphatic carbocycles. The highest BCUT2D eigenvalue weighted by Gasteiger charge is 2.35. The van der Waals surface area contributed by atoms with Crippen molar-refractivity contribution in [2.45, 2.75) is 45.2 Å². The van der Waals surface area contributed by atoms with Crippen LogP contribution in [0.2, 0.25) is 0 Å². The number of primary amides is 1. The standard InChI is InChI=1S/C11H21N3O2/c1-3-7(2)9(12)11(16)14-6-4-5-8(14)10(13)15/h7-9H,3-6,12H2,1-2H3,(H2,13,15)/t7-,8+,9-/m0/s1. The molecule has 1 fully saturated rings. The lowest BCUT2D eigenvalue weighted by atomic mass is 9.98. The van der Waals surface area contributed by atoms with Crippen molar-refractivity contribution in [1.29, 1.82) is 0 Å². The van der Waals surface area contributed by atoms with Gasteiger partial charge in [0.2, 0.25) is 11.8 Å². The van der Waals surface area contributed by atoms with Gasteiger partial charge in [0.25, 0.3) is 0 Å². The molecule has 3 atom stereocenters. The van der Waals surface area contributed by atoms with Gasteiger partial charge >= 0.3 is 0 Å². The van der Waals surface area contributed by atoms with Gasteiger partial charge in [0.05, 0.1) is 6.04 Å². The Morgan fingerprint density at radius 3 is 2.62 bits per heavy atom. The summed E-state index contributed by atoms with van der Waals surface area (Å²) < 4.78 is 0. The molecule has 4 N–H and O–H groups in total. The highest BCUT2D eigenvalue weighted by Crippen LogP contribution is 2.19. The number of hydrogen-bond acceptors (Lipinski definition) is 3. The van der Waals surface area contributed by atoms with Gasteiger partial charge in [0.1, 0.15) is 6.04 Å². The quantitative estimate of drug-likeness (QED) is 0.699. The second-order valence-electron chi connectivity index (χ2n) is 4.50. The Morgan fingerprint density at radius 1 is 1.50 bits per heavy atom. The van der Waals surface area contributed by atoms with Gasteiger partial charge in [0.15, 0.2) is 0 Å². The van der Waals surface area contributed by atoms with E-state index in [1.807, 2.05) is 13.8 Å². The first-order chi connectivity index (χ1) is 7.49. The van der Waals surface area contributed by atoms with E-state index in [9.17, 15) is 9.59 Å². The first-order valence-electron chi connectivity index (χ1n) is 5.84. The van der Waals surface area contributed by atoms with Crippen molar-refractivity contribution in [2.75, 3.05) is 6.54 Å². The molecule has 5 heteroatoms. The monoisotopic (exact) mass is 227 g/mol. The molecule has 0 radical (unpaired) electrons. The van der Waals surface area contributed by atoms with Crippen LogP contribution in [0.5, 0.6) is 0 Å². The fraction of sp³-hybridized carbons (Fsp3) is 0.818. The van der Waals surface area contributed by atoms with Gasteiger partial charge in [-0.1, -0.05) is 20.3 Å². The van der Waals surface area contributed by atoms with E-state index in [1.165, 1.54) is 0 Å². The molecule has 0 aromatic rings. The van der Waals surface area contributed by atoms with E-state index < -0.39 is 18.0 Å². The SMILES string of the molecule is CC[C@H](C)[C@H](N)C(=O)N1CCC[C@@H]1C(N)=O. The number of nitrogens with zero attached hydrogens (tertiary/aromatic N) is 1. The summed E-state index contributed by atoms with van der Waals surface area (Å²) in [6.07, 6.45) is 2.34. The minimum atomic E-state index is -0.523. The van der Waals surface area contributed by atoms with E-state index in [0.717, 1.165) is 12.8 Å². The summed E-state index contributed by atoms with van der Waals surface area (Å²) in [7, 11) is 0. The number of carbonyl (C=O) groups is 2. The lowest BCUT2D eigenvalue weighted by molar-refractivity contribution is -0.139. The molecule has 0 aromatic heterocycles. The molecule has 1 heterocycles. The van der Waals surface area contributed by atoms with Crippen LogP contribution in [-0.4, -0.2) is 35.3 Å². The molecule has 16 heavy (non-hydrogen) atoms. The molecular weight excluding hydrogens is 206 g/mol. The Balaban J connectivity index is 2.69. The van der Waals surface area contributed by atoms with Crippen LogP contribution in [0.15, 0.2) is 0 Å². The van der Waals surface area contributed by atoms with Crippen LogP contribution in [0.25, 0.3) is 0 Å². The zero-order valence-corrected chi connectivity index (χ0v) is 9.98. The van der Waals surface area contributed by atoms with Gasteiger partial charge in [-0.05, 0) is 18.8 Å². The third-order valence-electron chi connectivity index (χ3n) is 3.41. The summed E-state index contributed by atoms with van der Waals surface area (Å²) in [6, 6.07) is -0.979. The van der Waals surface area contributed by atoms with Gasteiger partial charge in [-0.25, -0.2) is 0 Å². The predicted molar refractivity (Wildman–Crippen MR) is 61.4 cm³/mol. The number of carbonyl (C=O) groups excluding carboxylic acids is 2. The summed E-state index contributed by atoms with van der Waals surface area (Å²) >= 11 is 0. The lowest BCUT2D eigenvalue weighted by Crippen LogP contribution is -2.52. The maximum Gasteiger partial charge on any atom is 0.240 e. The van der Waals surface area contributed by atoms with Gasteiger partial charge in [-0.2, -0.15) is 0 Å². The molecule has 0 saturated carbocycles. The fourth-order valence-electron chi connectivity index (χ4n) is 2.02. The Kier molecular flexibility index (Phi) is 4.29. The highest BCUT2D eigenvalue weighted by molar-refractivity contribution is 5.89. The summed E-state index contributed by atoms with van der Waals surface area (Å²) in [5.74, 6) is -0.445. The maximum absolute atomic E-state index is 12.1. The first-order valence-corrected chi connectivity index (χ1v) is 5.84. The Morgan fingerprint density at radius 2 is 2.12 bits per heavy atom. The van der Waals surface area contributed by atoms with Crippen LogP contribution in [0.1, 0.15) is 33.1 Å². The van der Waals surface area contributed by atoms with Crippen LogP contribution in [0, 0.1) is 5.92 Å². The minimum absolute atomic E-state index is 0.127. The topological polar surface area (TPSA) is 89.4 Å². The molecule has 92 valence electrons. The Labute approximate surface area is 96.1 Å². The molecule has 0 aromatic carbocycles. The van der Waals surface area contributed by atoms with E-state index in [4.69, 9.17) is 11.5 Å². The summed E-state index contributed by atoms with van der Waals surface area (Å²) in [5, 5.41) is 0. The number of nitrogens with two attached hydrogens (primary N) is 2. The van der Waals surface area contributed by atoms with Gasteiger partial charge < -0.3 is 16.4 Å². The molecule has 1 saturated heterocycles. The zero-order valence-electron chi connectivity index (χ0n) is 9.98. The molecule has 2 amide bonds. The van der Waals surface area contributed by atoms with Crippen molar-refractivity contribution in [1.82, 2.24) is 4.90 Å². The largest absolute Gasteiger partial charge is 0.368 e. The number of rotatable bonds is 4. The number of hydrogen-bond donors (Lipinski definition) is 2. The molecule has 0 unspecified atom stereocenters. The molecule has 1 aliphatic rings. The molecule has 1 rings (SSSR count). The zero-order chi connectivity index (χ0) is 12.3. The second kappa shape index (κ2) is 5.30. The fourth-order valence-corrected chi connectivity index (χ4v) is 2.02. The smallest absolute Gasteiger partial charge is 0.240 e. The van der Waals surface area contributed by atoms with Crippen molar-refractivity contribution >= 4 is 11.8 Å². The first kappa shape index (κ1) is 13.0. The highest BCUT2D eigenvalue weighted by atomic mass is 16.2. The molecule has 0 spiro atoms. The normalized spacial score (nSPS) is 24.2. The van der Waals surface area contributed by atoms with Crippen molar-refractivity contribution in [3.63, 3.8) is 0 Å². The molecule has 5 nitrogen and oxygen atoms in total. The van der Waals surface area contributed by atoms with E-state index >= 15 is 0 Å². The summed E-state index contributed by atoms with van der Waals surface area (Å²) in [6.45, 7) is 4.53. The van der Waals surface area contributed by atoms with E-state index in [2.05, 4.69) is 0 Å². The van der Waals surface area contributed by atoms with Crippen LogP contribution in [0.4, 0.5) is 0 Å². The van der Waals surface area contributed by atoms with Crippen LogP contribution >= 0.6 is 0 Å². The van der Waals surface area contributed by atoms with E-state index in [-0.39, 0.29) is 11.8 Å². The van der Waals surface area contributed by atoms with Gasteiger partial charge in [0, 0.05) is 6.54 Å². The van der Waals surface area contributed by atoms with Crippen molar-refractivity contribution in [2.24, 2.45) is 17.4 Å². The van der Waals surface area contributed by atoms with E-state index in [0.29, 0.717) is 13.0 Å². The molecular formula is C11H21N3O2. The minimum Gasteiger partial charge on any atom is -0.368 e. The third-order valence-corrected chi connectivity index (χ3v) is 3.41. The Bertz CT molecular complexity index is 280. The Hall–Kier alpha value is -1.10. The van der Waals surface area contributed by atoms with Gasteiger partial charge in [-0.15, -0.1) is 0 Å². The number of likely N-dealkylation sites (tertiary alicyclic amines) is 1. The summed E-state index contributed by atoms with van der Waals surface area (Å²) in [4.78, 5) is 24.8. The van der Waals surface area contributed by atoms with Crippen LogP contribution in [0.3, 0.4) is 0 Å². The van der Waals surface area contributed by atoms with Gasteiger partial charge in [-0.3, -0.25) is 9.59 Å². The maximum atomic E-state index is 12.1. The van der Waals surface area contributed by atoms with Crippen molar-refractivity contribution in [3.8, 4) is 0 Å². The third kappa shape index (κ3) is 2.52. The van der Waals surface area contributed by atoms with Crippen molar-refractivity contribution in [3.05, 3.63) is 0 Å². The van der Waals surface area contributed by atoms with Crippen LogP contribution < -0.4 is 11.5 Å². The van der Waals surface area contributed by atoms with Crippen LogP contribution in [-0.2, 0) is 9.59 Å². The predicted octanol–water partition coefficient (Wildman–Crippen LogP) is -0.164. The lowest BCUT2D eigenvalue weighted by Gasteiger charge is -2.27. The molecule has 1 aliphatic heterocycles. The average Bonchev–Trinajstić information content (AvgIpc) is 2.74.